The van der Waals surface area contributed by atoms with E-state index in [0.29, 0.717) is 18.9 Å². The minimum Gasteiger partial charge on any atom is -0.392 e. The van der Waals surface area contributed by atoms with Crippen LogP contribution in [0.3, 0.4) is 0 Å². The predicted molar refractivity (Wildman–Crippen MR) is 51.3 cm³/mol. The Morgan fingerprint density at radius 1 is 1.69 bits per heavy atom. The third-order valence-electron chi connectivity index (χ3n) is 2.48. The lowest BCUT2D eigenvalue weighted by Crippen LogP contribution is -2.32. The molecule has 0 spiro atoms. The number of amides is 1. The van der Waals surface area contributed by atoms with Gasteiger partial charge in [0, 0.05) is 19.5 Å². The van der Waals surface area contributed by atoms with Crippen molar-refractivity contribution in [3.05, 3.63) is 0 Å². The number of hydrogen-bond donors (Lipinski definition) is 1. The average Bonchev–Trinajstić information content (AvgIpc) is 2.31. The lowest BCUT2D eigenvalue weighted by molar-refractivity contribution is -0.128. The number of hydrogen-bond acceptors (Lipinski definition) is 2. The van der Waals surface area contributed by atoms with Crippen molar-refractivity contribution in [1.29, 1.82) is 0 Å². The van der Waals surface area contributed by atoms with E-state index in [-0.39, 0.29) is 5.91 Å². The number of rotatable bonds is 4. The van der Waals surface area contributed by atoms with Crippen LogP contribution < -0.4 is 0 Å². The van der Waals surface area contributed by atoms with Crippen LogP contribution in [0.5, 0.6) is 0 Å². The molecule has 0 aromatic heterocycles. The van der Waals surface area contributed by atoms with Gasteiger partial charge in [0.15, 0.2) is 0 Å². The standard InChI is InChI=1S/C10H19NO2/c1-3-4-9-5-10(13)11(7-9)6-8(2)12/h8-9,12H,3-7H2,1-2H3/t8-,9?/m1/s1. The molecule has 0 saturated carbocycles. The van der Waals surface area contributed by atoms with Gasteiger partial charge in [-0.25, -0.2) is 0 Å². The molecule has 1 N–H and O–H groups in total. The second kappa shape index (κ2) is 4.61. The lowest BCUT2D eigenvalue weighted by Gasteiger charge is -2.17. The maximum absolute atomic E-state index is 11.4. The maximum atomic E-state index is 11.4. The fraction of sp³-hybridized carbons (Fsp3) is 0.900. The quantitative estimate of drug-likeness (QED) is 0.710. The number of carbonyl (C=O) groups is 1. The Labute approximate surface area is 79.7 Å². The van der Waals surface area contributed by atoms with Gasteiger partial charge in [0.05, 0.1) is 6.10 Å². The van der Waals surface area contributed by atoms with Crippen LogP contribution in [0.4, 0.5) is 0 Å². The molecule has 1 fully saturated rings. The summed E-state index contributed by atoms with van der Waals surface area (Å²) < 4.78 is 0. The largest absolute Gasteiger partial charge is 0.392 e. The Bertz CT molecular complexity index is 180. The van der Waals surface area contributed by atoms with Crippen molar-refractivity contribution in [1.82, 2.24) is 4.90 Å². The summed E-state index contributed by atoms with van der Waals surface area (Å²) in [5.41, 5.74) is 0. The van der Waals surface area contributed by atoms with E-state index < -0.39 is 6.10 Å². The fourth-order valence-corrected chi connectivity index (χ4v) is 1.95. The minimum absolute atomic E-state index is 0.208. The van der Waals surface area contributed by atoms with E-state index in [9.17, 15) is 4.79 Å². The Morgan fingerprint density at radius 3 is 2.92 bits per heavy atom. The summed E-state index contributed by atoms with van der Waals surface area (Å²) in [4.78, 5) is 13.2. The van der Waals surface area contributed by atoms with Gasteiger partial charge in [0.1, 0.15) is 0 Å². The second-order valence-corrected chi connectivity index (χ2v) is 4.01. The van der Waals surface area contributed by atoms with Crippen LogP contribution in [0.1, 0.15) is 33.1 Å². The van der Waals surface area contributed by atoms with E-state index in [0.717, 1.165) is 19.4 Å². The molecule has 1 amide bonds. The average molecular weight is 185 g/mol. The van der Waals surface area contributed by atoms with Gasteiger partial charge in [0.2, 0.25) is 5.91 Å². The third-order valence-corrected chi connectivity index (χ3v) is 2.48. The van der Waals surface area contributed by atoms with Crippen molar-refractivity contribution in [2.45, 2.75) is 39.2 Å². The highest BCUT2D eigenvalue weighted by atomic mass is 16.3. The number of β-amino-alcohol motifs (C(OH)–C–C–N with tert-alkyl or cyclic N) is 1. The van der Waals surface area contributed by atoms with Crippen LogP contribution in [0, 0.1) is 5.92 Å². The Kier molecular flexibility index (Phi) is 3.72. The highest BCUT2D eigenvalue weighted by molar-refractivity contribution is 5.78. The summed E-state index contributed by atoms with van der Waals surface area (Å²) in [6.07, 6.45) is 2.55. The number of likely N-dealkylation sites (tertiary alicyclic amines) is 1. The van der Waals surface area contributed by atoms with Gasteiger partial charge in [-0.1, -0.05) is 13.3 Å². The van der Waals surface area contributed by atoms with Crippen LogP contribution in [-0.2, 0) is 4.79 Å². The fourth-order valence-electron chi connectivity index (χ4n) is 1.95. The second-order valence-electron chi connectivity index (χ2n) is 4.01. The molecule has 1 aliphatic rings. The first kappa shape index (κ1) is 10.5. The maximum Gasteiger partial charge on any atom is 0.223 e. The zero-order chi connectivity index (χ0) is 9.84. The molecule has 13 heavy (non-hydrogen) atoms. The first-order valence-corrected chi connectivity index (χ1v) is 5.09. The first-order chi connectivity index (χ1) is 6.13. The summed E-state index contributed by atoms with van der Waals surface area (Å²) in [7, 11) is 0. The zero-order valence-electron chi connectivity index (χ0n) is 8.49. The van der Waals surface area contributed by atoms with Crippen LogP contribution in [0.25, 0.3) is 0 Å². The predicted octanol–water partition coefficient (Wildman–Crippen LogP) is 1.02. The molecule has 76 valence electrons. The topological polar surface area (TPSA) is 40.5 Å². The van der Waals surface area contributed by atoms with Gasteiger partial charge in [-0.2, -0.15) is 0 Å². The molecule has 0 aliphatic carbocycles. The molecule has 3 heteroatoms. The van der Waals surface area contributed by atoms with E-state index in [4.69, 9.17) is 5.11 Å². The zero-order valence-corrected chi connectivity index (χ0v) is 8.49. The van der Waals surface area contributed by atoms with Crippen LogP contribution in [0.15, 0.2) is 0 Å². The third kappa shape index (κ3) is 2.99. The highest BCUT2D eigenvalue weighted by Gasteiger charge is 2.28. The highest BCUT2D eigenvalue weighted by Crippen LogP contribution is 2.21. The SMILES string of the molecule is CCCC1CC(=O)N(C[C@@H](C)O)C1. The molecule has 0 radical (unpaired) electrons. The minimum atomic E-state index is -0.399. The molecule has 1 unspecified atom stereocenters. The molecule has 3 nitrogen and oxygen atoms in total. The van der Waals surface area contributed by atoms with Crippen molar-refractivity contribution < 1.29 is 9.90 Å². The van der Waals surface area contributed by atoms with Crippen molar-refractivity contribution in [2.24, 2.45) is 5.92 Å². The first-order valence-electron chi connectivity index (χ1n) is 5.09. The molecule has 2 atom stereocenters. The van der Waals surface area contributed by atoms with E-state index >= 15 is 0 Å². The molecule has 1 heterocycles. The summed E-state index contributed by atoms with van der Waals surface area (Å²) in [6.45, 7) is 5.21. The molecule has 0 aromatic carbocycles. The van der Waals surface area contributed by atoms with Crippen molar-refractivity contribution in [3.63, 3.8) is 0 Å². The van der Waals surface area contributed by atoms with E-state index in [1.807, 2.05) is 0 Å². The van der Waals surface area contributed by atoms with Crippen LogP contribution in [0.2, 0.25) is 0 Å². The van der Waals surface area contributed by atoms with E-state index in [2.05, 4.69) is 6.92 Å². The summed E-state index contributed by atoms with van der Waals surface area (Å²) in [6, 6.07) is 0. The lowest BCUT2D eigenvalue weighted by atomic mass is 10.0. The summed E-state index contributed by atoms with van der Waals surface area (Å²) in [5.74, 6) is 0.732. The number of nitrogens with zero attached hydrogens (tertiary/aromatic N) is 1. The normalized spacial score (nSPS) is 25.3. The number of aliphatic hydroxyl groups is 1. The molecule has 1 aliphatic heterocycles. The van der Waals surface area contributed by atoms with Crippen molar-refractivity contribution in [2.75, 3.05) is 13.1 Å². The molecule has 1 saturated heterocycles. The van der Waals surface area contributed by atoms with Crippen LogP contribution in [-0.4, -0.2) is 35.1 Å². The molecule has 1 rings (SSSR count). The van der Waals surface area contributed by atoms with Crippen molar-refractivity contribution >= 4 is 5.91 Å². The molecular formula is C10H19NO2. The van der Waals surface area contributed by atoms with Gasteiger partial charge >= 0.3 is 0 Å². The van der Waals surface area contributed by atoms with Gasteiger partial charge in [-0.05, 0) is 19.3 Å². The van der Waals surface area contributed by atoms with Gasteiger partial charge in [-0.15, -0.1) is 0 Å². The van der Waals surface area contributed by atoms with E-state index in [1.54, 1.807) is 11.8 Å². The van der Waals surface area contributed by atoms with Gasteiger partial charge < -0.3 is 10.0 Å². The Balaban J connectivity index is 2.37. The smallest absolute Gasteiger partial charge is 0.223 e. The summed E-state index contributed by atoms with van der Waals surface area (Å²) >= 11 is 0. The van der Waals surface area contributed by atoms with Gasteiger partial charge in [0.25, 0.3) is 0 Å². The van der Waals surface area contributed by atoms with Crippen LogP contribution >= 0.6 is 0 Å². The molecule has 0 aromatic rings. The number of carbonyl (C=O) groups excluding carboxylic acids is 1. The Hall–Kier alpha value is -0.570. The summed E-state index contributed by atoms with van der Waals surface area (Å²) in [5, 5.41) is 9.15. The van der Waals surface area contributed by atoms with E-state index in [1.165, 1.54) is 0 Å². The molecule has 0 bridgehead atoms. The number of aliphatic hydroxyl groups excluding tert-OH is 1. The van der Waals surface area contributed by atoms with Crippen molar-refractivity contribution in [3.8, 4) is 0 Å². The molecular weight excluding hydrogens is 166 g/mol. The monoisotopic (exact) mass is 185 g/mol. The Morgan fingerprint density at radius 2 is 2.38 bits per heavy atom. The van der Waals surface area contributed by atoms with Gasteiger partial charge in [-0.3, -0.25) is 4.79 Å².